The van der Waals surface area contributed by atoms with Crippen LogP contribution in [0.2, 0.25) is 0 Å². The molecule has 148 valence electrons. The minimum Gasteiger partial charge on any atom is -0.495 e. The van der Waals surface area contributed by atoms with E-state index >= 15 is 0 Å². The lowest BCUT2D eigenvalue weighted by atomic mass is 10.3. The Morgan fingerprint density at radius 3 is 2.82 bits per heavy atom. The van der Waals surface area contributed by atoms with Crippen molar-refractivity contribution in [3.8, 4) is 16.5 Å². The smallest absolute Gasteiger partial charge is 0.437 e. The Balaban J connectivity index is 1.68. The second kappa shape index (κ2) is 7.96. The summed E-state index contributed by atoms with van der Waals surface area (Å²) in [7, 11) is -2.72. The fourth-order valence-electron chi connectivity index (χ4n) is 2.36. The number of nitrogens with zero attached hydrogens (tertiary/aromatic N) is 2. The third kappa shape index (κ3) is 4.47. The molecule has 0 spiro atoms. The van der Waals surface area contributed by atoms with Crippen molar-refractivity contribution in [1.29, 1.82) is 0 Å². The van der Waals surface area contributed by atoms with Crippen LogP contribution in [0, 0.1) is 0 Å². The van der Waals surface area contributed by atoms with Crippen LogP contribution in [0.5, 0.6) is 5.75 Å². The van der Waals surface area contributed by atoms with Crippen LogP contribution >= 0.6 is 11.3 Å². The molecule has 0 aliphatic carbocycles. The first-order chi connectivity index (χ1) is 13.3. The maximum absolute atomic E-state index is 12.2. The van der Waals surface area contributed by atoms with Gasteiger partial charge in [-0.1, -0.05) is 6.07 Å². The fraction of sp³-hybridized carbons (Fsp3) is 0.188. The van der Waals surface area contributed by atoms with E-state index in [9.17, 15) is 18.0 Å². The van der Waals surface area contributed by atoms with Crippen LogP contribution in [0.15, 0.2) is 49.8 Å². The monoisotopic (exact) mass is 424 g/mol. The zero-order valence-electron chi connectivity index (χ0n) is 14.6. The highest BCUT2D eigenvalue weighted by atomic mass is 32.2. The SMILES string of the molecule is COc1ccc(NC(=O)CCn2nc(-c3cccs3)oc2=O)cc1S(N)(=O)=O. The first kappa shape index (κ1) is 19.8. The highest BCUT2D eigenvalue weighted by Crippen LogP contribution is 2.26. The molecule has 0 fully saturated rings. The molecular formula is C16H16N4O6S2. The lowest BCUT2D eigenvalue weighted by Crippen LogP contribution is -2.21. The number of amides is 1. The summed E-state index contributed by atoms with van der Waals surface area (Å²) in [6.45, 7) is -0.00224. The van der Waals surface area contributed by atoms with E-state index < -0.39 is 21.7 Å². The molecule has 10 nitrogen and oxygen atoms in total. The molecular weight excluding hydrogens is 408 g/mol. The molecule has 0 saturated carbocycles. The van der Waals surface area contributed by atoms with E-state index in [0.29, 0.717) is 4.88 Å². The van der Waals surface area contributed by atoms with Crippen LogP contribution in [0.25, 0.3) is 10.8 Å². The van der Waals surface area contributed by atoms with Gasteiger partial charge in [-0.15, -0.1) is 16.4 Å². The van der Waals surface area contributed by atoms with E-state index in [0.717, 1.165) is 4.68 Å². The summed E-state index contributed by atoms with van der Waals surface area (Å²) in [5.74, 6) is -0.862. The summed E-state index contributed by atoms with van der Waals surface area (Å²) < 4.78 is 34.3. The third-order valence-electron chi connectivity index (χ3n) is 3.64. The van der Waals surface area contributed by atoms with Gasteiger partial charge in [-0.25, -0.2) is 18.4 Å². The van der Waals surface area contributed by atoms with Crippen LogP contribution in [0.3, 0.4) is 0 Å². The maximum atomic E-state index is 12.2. The number of thiophene rings is 1. The summed E-state index contributed by atoms with van der Waals surface area (Å²) in [6.07, 6.45) is -0.0763. The average molecular weight is 424 g/mol. The Morgan fingerprint density at radius 2 is 2.18 bits per heavy atom. The number of aryl methyl sites for hydroxylation is 1. The van der Waals surface area contributed by atoms with Gasteiger partial charge in [0.05, 0.1) is 18.5 Å². The zero-order valence-corrected chi connectivity index (χ0v) is 16.2. The van der Waals surface area contributed by atoms with Crippen LogP contribution in [-0.2, 0) is 21.4 Å². The van der Waals surface area contributed by atoms with E-state index in [1.54, 1.807) is 12.1 Å². The number of primary sulfonamides is 1. The number of rotatable bonds is 7. The minimum absolute atomic E-state index is 0.00224. The fourth-order valence-corrected chi connectivity index (χ4v) is 3.72. The first-order valence-electron chi connectivity index (χ1n) is 7.90. The molecule has 0 unspecified atom stereocenters. The quantitative estimate of drug-likeness (QED) is 0.580. The summed E-state index contributed by atoms with van der Waals surface area (Å²) in [5.41, 5.74) is 0.224. The number of sulfonamides is 1. The van der Waals surface area contributed by atoms with Crippen molar-refractivity contribution in [3.63, 3.8) is 0 Å². The number of benzene rings is 1. The largest absolute Gasteiger partial charge is 0.495 e. The van der Waals surface area contributed by atoms with Crippen molar-refractivity contribution in [2.75, 3.05) is 12.4 Å². The number of anilines is 1. The normalized spacial score (nSPS) is 11.4. The third-order valence-corrected chi connectivity index (χ3v) is 5.43. The molecule has 28 heavy (non-hydrogen) atoms. The first-order valence-corrected chi connectivity index (χ1v) is 10.3. The zero-order chi connectivity index (χ0) is 20.3. The Morgan fingerprint density at radius 1 is 1.39 bits per heavy atom. The molecule has 0 aliphatic heterocycles. The number of hydrogen-bond donors (Lipinski definition) is 2. The second-order valence-electron chi connectivity index (χ2n) is 5.58. The molecule has 3 rings (SSSR count). The van der Waals surface area contributed by atoms with Gasteiger partial charge in [-0.3, -0.25) is 4.79 Å². The highest BCUT2D eigenvalue weighted by molar-refractivity contribution is 7.89. The van der Waals surface area contributed by atoms with Crippen LogP contribution in [0.4, 0.5) is 5.69 Å². The van der Waals surface area contributed by atoms with Gasteiger partial charge in [0.15, 0.2) is 0 Å². The van der Waals surface area contributed by atoms with Crippen molar-refractivity contribution in [3.05, 3.63) is 46.3 Å². The predicted octanol–water partition coefficient (Wildman–Crippen LogP) is 1.25. The number of carbonyl (C=O) groups excluding carboxylic acids is 1. The molecule has 0 atom stereocenters. The van der Waals surface area contributed by atoms with E-state index in [2.05, 4.69) is 10.4 Å². The topological polar surface area (TPSA) is 147 Å². The van der Waals surface area contributed by atoms with Gasteiger partial charge in [0.1, 0.15) is 10.6 Å². The number of aromatic nitrogens is 2. The molecule has 12 heteroatoms. The van der Waals surface area contributed by atoms with E-state index in [-0.39, 0.29) is 35.2 Å². The number of nitrogens with two attached hydrogens (primary N) is 1. The Labute approximate surface area is 163 Å². The molecule has 2 heterocycles. The Kier molecular flexibility index (Phi) is 5.63. The standard InChI is InChI=1S/C16H16N4O6S2/c1-25-11-5-4-10(9-13(11)28(17,23)24)18-14(21)6-7-20-16(22)26-15(19-20)12-3-2-8-27-12/h2-5,8-9H,6-7H2,1H3,(H,18,21)(H2,17,23,24). The average Bonchev–Trinajstić information content (AvgIpc) is 3.29. The summed E-state index contributed by atoms with van der Waals surface area (Å²) >= 11 is 1.37. The molecule has 0 bridgehead atoms. The summed E-state index contributed by atoms with van der Waals surface area (Å²) in [5, 5.41) is 13.6. The van der Waals surface area contributed by atoms with Gasteiger partial charge in [-0.2, -0.15) is 4.68 Å². The lowest BCUT2D eigenvalue weighted by molar-refractivity contribution is -0.116. The lowest BCUT2D eigenvalue weighted by Gasteiger charge is -2.10. The molecule has 2 aromatic heterocycles. The van der Waals surface area contributed by atoms with E-state index in [1.165, 1.54) is 36.6 Å². The van der Waals surface area contributed by atoms with Gasteiger partial charge in [-0.05, 0) is 29.6 Å². The molecule has 1 amide bonds. The predicted molar refractivity (Wildman–Crippen MR) is 102 cm³/mol. The highest BCUT2D eigenvalue weighted by Gasteiger charge is 2.17. The molecule has 3 N–H and O–H groups in total. The van der Waals surface area contributed by atoms with E-state index in [4.69, 9.17) is 14.3 Å². The van der Waals surface area contributed by atoms with Crippen molar-refractivity contribution in [2.24, 2.45) is 5.14 Å². The number of ether oxygens (including phenoxy) is 1. The summed E-state index contributed by atoms with van der Waals surface area (Å²) in [6, 6.07) is 7.62. The number of nitrogens with one attached hydrogen (secondary N) is 1. The maximum Gasteiger partial charge on any atom is 0.437 e. The Hall–Kier alpha value is -2.96. The van der Waals surface area contributed by atoms with E-state index in [1.807, 2.05) is 5.38 Å². The number of carbonyl (C=O) groups is 1. The van der Waals surface area contributed by atoms with Gasteiger partial charge in [0.2, 0.25) is 15.9 Å². The van der Waals surface area contributed by atoms with Crippen LogP contribution in [0.1, 0.15) is 6.42 Å². The summed E-state index contributed by atoms with van der Waals surface area (Å²) in [4.78, 5) is 24.5. The number of hydrogen-bond acceptors (Lipinski definition) is 8. The van der Waals surface area contributed by atoms with Gasteiger partial charge in [0.25, 0.3) is 5.89 Å². The van der Waals surface area contributed by atoms with Crippen molar-refractivity contribution in [2.45, 2.75) is 17.9 Å². The minimum atomic E-state index is -4.03. The molecule has 0 aliphatic rings. The van der Waals surface area contributed by atoms with Gasteiger partial charge in [0, 0.05) is 12.1 Å². The Bertz CT molecular complexity index is 1150. The molecule has 1 aromatic carbocycles. The van der Waals surface area contributed by atoms with Gasteiger partial charge >= 0.3 is 5.76 Å². The second-order valence-corrected chi connectivity index (χ2v) is 8.06. The molecule has 0 saturated heterocycles. The number of methoxy groups -OCH3 is 1. The van der Waals surface area contributed by atoms with Crippen molar-refractivity contribution in [1.82, 2.24) is 9.78 Å². The molecule has 0 radical (unpaired) electrons. The van der Waals surface area contributed by atoms with Crippen LogP contribution < -0.4 is 20.9 Å². The van der Waals surface area contributed by atoms with Crippen molar-refractivity contribution >= 4 is 33.0 Å². The molecule has 3 aromatic rings. The van der Waals surface area contributed by atoms with Gasteiger partial charge < -0.3 is 14.5 Å². The van der Waals surface area contributed by atoms with Crippen molar-refractivity contribution < 1.29 is 22.4 Å². The van der Waals surface area contributed by atoms with Crippen LogP contribution in [-0.4, -0.2) is 31.2 Å².